The van der Waals surface area contributed by atoms with E-state index in [1.54, 1.807) is 6.07 Å². The van der Waals surface area contributed by atoms with Gasteiger partial charge in [-0.25, -0.2) is 9.37 Å². The van der Waals surface area contributed by atoms with Crippen molar-refractivity contribution in [1.29, 1.82) is 0 Å². The van der Waals surface area contributed by atoms with Crippen molar-refractivity contribution in [2.24, 2.45) is 0 Å². The first kappa shape index (κ1) is 13.1. The summed E-state index contributed by atoms with van der Waals surface area (Å²) in [7, 11) is 0. The average molecular weight is 294 g/mol. The van der Waals surface area contributed by atoms with Crippen LogP contribution in [-0.2, 0) is 6.54 Å². The molecule has 1 unspecified atom stereocenters. The van der Waals surface area contributed by atoms with Crippen LogP contribution in [0.2, 0.25) is 0 Å². The second-order valence-electron chi connectivity index (χ2n) is 4.73. The minimum absolute atomic E-state index is 0.279. The Morgan fingerprint density at radius 1 is 1.40 bits per heavy atom. The van der Waals surface area contributed by atoms with Crippen LogP contribution >= 0.6 is 11.6 Å². The largest absolute Gasteiger partial charge is 0.361 e. The zero-order valence-corrected chi connectivity index (χ0v) is 11.9. The highest BCUT2D eigenvalue weighted by atomic mass is 35.5. The van der Waals surface area contributed by atoms with Crippen molar-refractivity contribution in [3.8, 4) is 0 Å². The maximum Gasteiger partial charge on any atom is 0.133 e. The number of benzene rings is 1. The Morgan fingerprint density at radius 2 is 2.20 bits per heavy atom. The van der Waals surface area contributed by atoms with Crippen LogP contribution in [0.15, 0.2) is 28.8 Å². The first-order valence-corrected chi connectivity index (χ1v) is 6.70. The highest BCUT2D eigenvalue weighted by molar-refractivity contribution is 6.20. The van der Waals surface area contributed by atoms with Crippen molar-refractivity contribution in [1.82, 2.24) is 14.7 Å². The molecule has 0 spiro atoms. The van der Waals surface area contributed by atoms with Gasteiger partial charge in [0.2, 0.25) is 0 Å². The number of nitrogens with zero attached hydrogens (tertiary/aromatic N) is 3. The molecule has 0 aliphatic carbocycles. The molecule has 0 aliphatic rings. The van der Waals surface area contributed by atoms with Gasteiger partial charge in [-0.3, -0.25) is 0 Å². The van der Waals surface area contributed by atoms with Crippen LogP contribution in [0.4, 0.5) is 4.39 Å². The molecule has 0 fully saturated rings. The first-order chi connectivity index (χ1) is 9.54. The molecule has 6 heteroatoms. The smallest absolute Gasteiger partial charge is 0.133 e. The van der Waals surface area contributed by atoms with Gasteiger partial charge in [-0.05, 0) is 26.0 Å². The number of aromatic nitrogens is 3. The van der Waals surface area contributed by atoms with Gasteiger partial charge >= 0.3 is 0 Å². The lowest BCUT2D eigenvalue weighted by atomic mass is 10.3. The molecule has 1 atom stereocenters. The summed E-state index contributed by atoms with van der Waals surface area (Å²) in [5, 5.41) is 3.70. The SMILES string of the molecule is Cc1cc(Cn2c(C(C)Cl)nc3cc(F)ccc32)no1. The van der Waals surface area contributed by atoms with Gasteiger partial charge in [0.15, 0.2) is 0 Å². The van der Waals surface area contributed by atoms with E-state index in [4.69, 9.17) is 16.1 Å². The summed E-state index contributed by atoms with van der Waals surface area (Å²) < 4.78 is 20.3. The summed E-state index contributed by atoms with van der Waals surface area (Å²) in [5.74, 6) is 1.12. The Bertz CT molecular complexity index is 763. The van der Waals surface area contributed by atoms with E-state index in [0.717, 1.165) is 17.0 Å². The molecule has 0 saturated heterocycles. The van der Waals surface area contributed by atoms with Crippen LogP contribution in [0, 0.1) is 12.7 Å². The molecular formula is C14H13ClFN3O. The van der Waals surface area contributed by atoms with Crippen molar-refractivity contribution in [2.45, 2.75) is 25.8 Å². The third-order valence-electron chi connectivity index (χ3n) is 3.09. The van der Waals surface area contributed by atoms with Crippen molar-refractivity contribution in [3.05, 3.63) is 47.4 Å². The number of halogens is 2. The number of alkyl halides is 1. The molecule has 0 bridgehead atoms. The molecule has 4 nitrogen and oxygen atoms in total. The molecule has 0 amide bonds. The van der Waals surface area contributed by atoms with E-state index < -0.39 is 0 Å². The third kappa shape index (κ3) is 2.29. The Kier molecular flexibility index (Phi) is 3.22. The third-order valence-corrected chi connectivity index (χ3v) is 3.29. The molecule has 3 rings (SSSR count). The van der Waals surface area contributed by atoms with Crippen LogP contribution in [-0.4, -0.2) is 14.7 Å². The van der Waals surface area contributed by atoms with E-state index in [0.29, 0.717) is 17.9 Å². The fourth-order valence-electron chi connectivity index (χ4n) is 2.25. The minimum atomic E-state index is -0.312. The molecule has 20 heavy (non-hydrogen) atoms. The van der Waals surface area contributed by atoms with Crippen LogP contribution in [0.3, 0.4) is 0 Å². The topological polar surface area (TPSA) is 43.9 Å². The maximum absolute atomic E-state index is 13.3. The van der Waals surface area contributed by atoms with Gasteiger partial charge < -0.3 is 9.09 Å². The zero-order chi connectivity index (χ0) is 14.3. The number of rotatable bonds is 3. The molecule has 2 heterocycles. The predicted molar refractivity (Wildman–Crippen MR) is 74.3 cm³/mol. The Labute approximate surface area is 120 Å². The van der Waals surface area contributed by atoms with Gasteiger partial charge in [0.1, 0.15) is 23.1 Å². The van der Waals surface area contributed by atoms with Crippen LogP contribution in [0.1, 0.15) is 29.6 Å². The summed E-state index contributed by atoms with van der Waals surface area (Å²) in [6.07, 6.45) is 0. The number of hydrogen-bond acceptors (Lipinski definition) is 3. The lowest BCUT2D eigenvalue weighted by molar-refractivity contribution is 0.389. The standard InChI is InChI=1S/C14H13ClFN3O/c1-8-5-11(18-20-8)7-19-13-4-3-10(16)6-12(13)17-14(19)9(2)15/h3-6,9H,7H2,1-2H3. The molecule has 2 aromatic heterocycles. The number of hydrogen-bond donors (Lipinski definition) is 0. The van der Waals surface area contributed by atoms with Gasteiger partial charge in [0.05, 0.1) is 23.0 Å². The monoisotopic (exact) mass is 293 g/mol. The van der Waals surface area contributed by atoms with Crippen molar-refractivity contribution in [3.63, 3.8) is 0 Å². The fraction of sp³-hybridized carbons (Fsp3) is 0.286. The molecule has 0 saturated carbocycles. The van der Waals surface area contributed by atoms with E-state index in [2.05, 4.69) is 10.1 Å². The van der Waals surface area contributed by atoms with E-state index in [1.807, 2.05) is 24.5 Å². The van der Waals surface area contributed by atoms with Crippen LogP contribution < -0.4 is 0 Å². The van der Waals surface area contributed by atoms with E-state index in [1.165, 1.54) is 12.1 Å². The molecule has 0 N–H and O–H groups in total. The Hall–Kier alpha value is -1.88. The normalized spacial score (nSPS) is 13.0. The summed E-state index contributed by atoms with van der Waals surface area (Å²) in [6.45, 7) is 4.17. The summed E-state index contributed by atoms with van der Waals surface area (Å²) in [5.41, 5.74) is 2.20. The predicted octanol–water partition coefficient (Wildman–Crippen LogP) is 3.82. The van der Waals surface area contributed by atoms with Gasteiger partial charge in [0, 0.05) is 12.1 Å². The van der Waals surface area contributed by atoms with Crippen LogP contribution in [0.25, 0.3) is 11.0 Å². The van der Waals surface area contributed by atoms with E-state index in [9.17, 15) is 4.39 Å². The van der Waals surface area contributed by atoms with E-state index in [-0.39, 0.29) is 11.2 Å². The average Bonchev–Trinajstić information content (AvgIpc) is 2.94. The van der Waals surface area contributed by atoms with Gasteiger partial charge in [-0.15, -0.1) is 11.6 Å². The lowest BCUT2D eigenvalue weighted by Gasteiger charge is -2.08. The zero-order valence-electron chi connectivity index (χ0n) is 11.1. The molecule has 0 aliphatic heterocycles. The van der Waals surface area contributed by atoms with Gasteiger partial charge in [0.25, 0.3) is 0 Å². The minimum Gasteiger partial charge on any atom is -0.361 e. The summed E-state index contributed by atoms with van der Waals surface area (Å²) >= 11 is 6.17. The molecule has 0 radical (unpaired) electrons. The van der Waals surface area contributed by atoms with Crippen molar-refractivity contribution in [2.75, 3.05) is 0 Å². The maximum atomic E-state index is 13.3. The van der Waals surface area contributed by atoms with Gasteiger partial charge in [-0.2, -0.15) is 0 Å². The summed E-state index contributed by atoms with van der Waals surface area (Å²) in [4.78, 5) is 4.41. The van der Waals surface area contributed by atoms with Gasteiger partial charge in [-0.1, -0.05) is 5.16 Å². The van der Waals surface area contributed by atoms with Crippen LogP contribution in [0.5, 0.6) is 0 Å². The first-order valence-electron chi connectivity index (χ1n) is 6.26. The number of fused-ring (bicyclic) bond motifs is 1. The van der Waals surface area contributed by atoms with Crippen molar-refractivity contribution < 1.29 is 8.91 Å². The number of aryl methyl sites for hydroxylation is 1. The highest BCUT2D eigenvalue weighted by Crippen LogP contribution is 2.26. The van der Waals surface area contributed by atoms with Crippen molar-refractivity contribution >= 4 is 22.6 Å². The molecule has 104 valence electrons. The number of imidazole rings is 1. The lowest BCUT2D eigenvalue weighted by Crippen LogP contribution is -2.06. The molecule has 3 aromatic rings. The molecule has 1 aromatic carbocycles. The van der Waals surface area contributed by atoms with E-state index >= 15 is 0 Å². The highest BCUT2D eigenvalue weighted by Gasteiger charge is 2.16. The quantitative estimate of drug-likeness (QED) is 0.690. The second-order valence-corrected chi connectivity index (χ2v) is 5.39. The fourth-order valence-corrected chi connectivity index (χ4v) is 2.41. The second kappa shape index (κ2) is 4.90. The molecular weight excluding hydrogens is 281 g/mol. The Morgan fingerprint density at radius 3 is 2.85 bits per heavy atom. The Balaban J connectivity index is 2.13. The summed E-state index contributed by atoms with van der Waals surface area (Å²) in [6, 6.07) is 6.38.